The van der Waals surface area contributed by atoms with Crippen molar-refractivity contribution < 1.29 is 36.3 Å². The minimum absolute atomic E-state index is 0.101. The van der Waals surface area contributed by atoms with E-state index in [9.17, 15) is 22.0 Å². The number of carboxylic acids is 1. The zero-order chi connectivity index (χ0) is 22.1. The summed E-state index contributed by atoms with van der Waals surface area (Å²) >= 11 is 5.71. The fourth-order valence-corrected chi connectivity index (χ4v) is 3.68. The first-order valence-electron chi connectivity index (χ1n) is 8.31. The van der Waals surface area contributed by atoms with Crippen LogP contribution < -0.4 is 9.46 Å². The zero-order valence-corrected chi connectivity index (χ0v) is 16.9. The van der Waals surface area contributed by atoms with Crippen LogP contribution in [-0.4, -0.2) is 19.5 Å². The summed E-state index contributed by atoms with van der Waals surface area (Å²) < 4.78 is 64.6. The molecule has 0 aliphatic rings. The highest BCUT2D eigenvalue weighted by Crippen LogP contribution is 2.29. The average Bonchev–Trinajstić information content (AvgIpc) is 3.08. The van der Waals surface area contributed by atoms with Gasteiger partial charge >= 0.3 is 5.97 Å². The van der Waals surface area contributed by atoms with Gasteiger partial charge in [0, 0.05) is 29.8 Å². The Hall–Kier alpha value is -2.95. The Kier molecular flexibility index (Phi) is 6.11. The van der Waals surface area contributed by atoms with Gasteiger partial charge in [-0.05, 0) is 37.3 Å². The quantitative estimate of drug-likeness (QED) is 0.541. The van der Waals surface area contributed by atoms with Gasteiger partial charge in [0.25, 0.3) is 10.0 Å². The third-order valence-corrected chi connectivity index (χ3v) is 5.49. The number of hydrogen-bond donors (Lipinski definition) is 2. The van der Waals surface area contributed by atoms with Crippen molar-refractivity contribution in [2.45, 2.75) is 18.6 Å². The van der Waals surface area contributed by atoms with E-state index in [1.54, 1.807) is 0 Å². The van der Waals surface area contributed by atoms with E-state index in [0.29, 0.717) is 0 Å². The molecule has 3 aromatic rings. The Bertz CT molecular complexity index is 1230. The highest BCUT2D eigenvalue weighted by Gasteiger charge is 2.24. The smallest absolute Gasteiger partial charge is 0.372 e. The molecular weight excluding hydrogens is 444 g/mol. The van der Waals surface area contributed by atoms with Gasteiger partial charge in [-0.1, -0.05) is 11.6 Å². The van der Waals surface area contributed by atoms with Crippen LogP contribution >= 0.6 is 11.6 Å². The van der Waals surface area contributed by atoms with Crippen molar-refractivity contribution in [1.29, 1.82) is 0 Å². The minimum atomic E-state index is -4.24. The van der Waals surface area contributed by atoms with E-state index in [1.807, 2.05) is 0 Å². The van der Waals surface area contributed by atoms with Crippen molar-refractivity contribution in [1.82, 2.24) is 4.72 Å². The van der Waals surface area contributed by atoms with Gasteiger partial charge in [-0.3, -0.25) is 0 Å². The maximum absolute atomic E-state index is 13.7. The number of aromatic carboxylic acids is 1. The fourth-order valence-electron chi connectivity index (χ4n) is 2.49. The molecule has 0 unspecified atom stereocenters. The molecule has 0 amide bonds. The van der Waals surface area contributed by atoms with Gasteiger partial charge < -0.3 is 14.3 Å². The van der Waals surface area contributed by atoms with E-state index in [2.05, 4.69) is 4.72 Å². The van der Waals surface area contributed by atoms with E-state index in [-0.39, 0.29) is 27.6 Å². The van der Waals surface area contributed by atoms with E-state index in [0.717, 1.165) is 24.3 Å². The molecule has 0 aliphatic heterocycles. The number of nitrogens with one attached hydrogen (secondary N) is 1. The summed E-state index contributed by atoms with van der Waals surface area (Å²) in [5.41, 5.74) is 0.256. The predicted molar refractivity (Wildman–Crippen MR) is 102 cm³/mol. The van der Waals surface area contributed by atoms with Gasteiger partial charge in [0.05, 0.1) is 5.02 Å². The molecule has 0 bridgehead atoms. The van der Waals surface area contributed by atoms with Crippen molar-refractivity contribution in [3.05, 3.63) is 76.0 Å². The van der Waals surface area contributed by atoms with Gasteiger partial charge in [0.1, 0.15) is 23.1 Å². The molecule has 30 heavy (non-hydrogen) atoms. The first kappa shape index (κ1) is 21.8. The molecule has 1 aromatic heterocycles. The number of aryl methyl sites for hydroxylation is 1. The molecule has 0 saturated heterocycles. The molecule has 2 aromatic carbocycles. The van der Waals surface area contributed by atoms with Gasteiger partial charge in [0.15, 0.2) is 0 Å². The van der Waals surface area contributed by atoms with Gasteiger partial charge in [-0.25, -0.2) is 26.7 Å². The van der Waals surface area contributed by atoms with Crippen LogP contribution in [0.2, 0.25) is 5.02 Å². The van der Waals surface area contributed by atoms with Crippen molar-refractivity contribution in [3.8, 4) is 11.5 Å². The van der Waals surface area contributed by atoms with Crippen LogP contribution in [0.15, 0.2) is 52.0 Å². The summed E-state index contributed by atoms with van der Waals surface area (Å²) in [7, 11) is -4.24. The van der Waals surface area contributed by atoms with E-state index in [4.69, 9.17) is 25.9 Å². The fraction of sp³-hybridized carbons (Fsp3) is 0.105. The summed E-state index contributed by atoms with van der Waals surface area (Å²) in [5, 5.41) is 8.22. The SMILES string of the molecule is Cc1cc(S(=O)(=O)NCc2cc(F)ccc2Oc2ccc(F)c(Cl)c2)oc1C(=O)O. The lowest BCUT2D eigenvalue weighted by atomic mass is 10.2. The Balaban J connectivity index is 1.84. The number of hydrogen-bond acceptors (Lipinski definition) is 5. The standard InChI is InChI=1S/C19H14ClF2NO6S/c1-10-6-17(29-18(10)19(24)25)30(26,27)23-9-11-7-12(21)2-5-16(11)28-13-3-4-15(22)14(20)8-13/h2-8,23H,9H2,1H3,(H,24,25). The third kappa shape index (κ3) is 4.78. The maximum Gasteiger partial charge on any atom is 0.372 e. The van der Waals surface area contributed by atoms with Gasteiger partial charge in [0.2, 0.25) is 10.9 Å². The normalized spacial score (nSPS) is 11.5. The first-order valence-corrected chi connectivity index (χ1v) is 10.2. The second-order valence-electron chi connectivity index (χ2n) is 6.14. The molecule has 0 saturated carbocycles. The Labute approximate surface area is 174 Å². The minimum Gasteiger partial charge on any atom is -0.475 e. The van der Waals surface area contributed by atoms with Crippen LogP contribution in [0.1, 0.15) is 21.7 Å². The number of carboxylic acid groups (broad SMARTS) is 1. The van der Waals surface area contributed by atoms with Crippen LogP contribution in [0, 0.1) is 18.6 Å². The van der Waals surface area contributed by atoms with E-state index < -0.39 is 45.0 Å². The van der Waals surface area contributed by atoms with Crippen LogP contribution in [0.25, 0.3) is 0 Å². The monoisotopic (exact) mass is 457 g/mol. The largest absolute Gasteiger partial charge is 0.475 e. The van der Waals surface area contributed by atoms with Crippen LogP contribution in [0.5, 0.6) is 11.5 Å². The highest BCUT2D eigenvalue weighted by atomic mass is 35.5. The number of benzene rings is 2. The molecule has 0 atom stereocenters. The van der Waals surface area contributed by atoms with Crippen molar-refractivity contribution in [2.75, 3.05) is 0 Å². The van der Waals surface area contributed by atoms with E-state index >= 15 is 0 Å². The molecule has 11 heteroatoms. The molecule has 1 heterocycles. The van der Waals surface area contributed by atoms with Crippen LogP contribution in [0.4, 0.5) is 8.78 Å². The summed E-state index contributed by atoms with van der Waals surface area (Å²) in [5.74, 6) is -2.94. The third-order valence-electron chi connectivity index (χ3n) is 3.95. The van der Waals surface area contributed by atoms with Gasteiger partial charge in [-0.15, -0.1) is 0 Å². The summed E-state index contributed by atoms with van der Waals surface area (Å²) in [6.07, 6.45) is 0. The lowest BCUT2D eigenvalue weighted by Gasteiger charge is -2.12. The molecule has 7 nitrogen and oxygen atoms in total. The number of sulfonamides is 1. The lowest BCUT2D eigenvalue weighted by molar-refractivity contribution is 0.0655. The second kappa shape index (κ2) is 8.42. The number of halogens is 3. The Morgan fingerprint density at radius 3 is 2.57 bits per heavy atom. The summed E-state index contributed by atoms with van der Waals surface area (Å²) in [6, 6.07) is 8.10. The second-order valence-corrected chi connectivity index (χ2v) is 8.24. The Morgan fingerprint density at radius 1 is 1.20 bits per heavy atom. The summed E-state index contributed by atoms with van der Waals surface area (Å²) in [6.45, 7) is 0.991. The molecule has 2 N–H and O–H groups in total. The summed E-state index contributed by atoms with van der Waals surface area (Å²) in [4.78, 5) is 11.0. The van der Waals surface area contributed by atoms with Crippen LogP contribution in [-0.2, 0) is 16.6 Å². The molecule has 0 fully saturated rings. The lowest BCUT2D eigenvalue weighted by Crippen LogP contribution is -2.23. The van der Waals surface area contributed by atoms with E-state index in [1.165, 1.54) is 25.1 Å². The van der Waals surface area contributed by atoms with Crippen molar-refractivity contribution in [2.24, 2.45) is 0 Å². The van der Waals surface area contributed by atoms with Gasteiger partial charge in [-0.2, -0.15) is 0 Å². The molecular formula is C19H14ClF2NO6S. The molecule has 0 spiro atoms. The molecule has 0 radical (unpaired) electrons. The maximum atomic E-state index is 13.7. The zero-order valence-electron chi connectivity index (χ0n) is 15.3. The first-order chi connectivity index (χ1) is 14.1. The predicted octanol–water partition coefficient (Wildman–Crippen LogP) is 4.49. The highest BCUT2D eigenvalue weighted by molar-refractivity contribution is 7.89. The number of ether oxygens (including phenoxy) is 1. The van der Waals surface area contributed by atoms with Crippen molar-refractivity contribution >= 4 is 27.6 Å². The number of rotatable bonds is 7. The number of carbonyl (C=O) groups is 1. The topological polar surface area (TPSA) is 106 Å². The van der Waals surface area contributed by atoms with Crippen molar-refractivity contribution in [3.63, 3.8) is 0 Å². The van der Waals surface area contributed by atoms with Crippen LogP contribution in [0.3, 0.4) is 0 Å². The number of furan rings is 1. The molecule has 0 aliphatic carbocycles. The molecule has 3 rings (SSSR count). The average molecular weight is 458 g/mol. The Morgan fingerprint density at radius 2 is 1.93 bits per heavy atom. The molecule has 158 valence electrons.